The number of carboxylic acid groups (broad SMARTS) is 1. The molecule has 0 aliphatic heterocycles. The Morgan fingerprint density at radius 3 is 2.62 bits per heavy atom. The monoisotopic (exact) mass is 227 g/mol. The normalized spacial score (nSPS) is 14.4. The minimum Gasteiger partial charge on any atom is -0.506 e. The number of aromatic nitrogens is 1. The minimum atomic E-state index is -1.52. The van der Waals surface area contributed by atoms with Crippen molar-refractivity contribution in [1.82, 2.24) is 4.98 Å². The van der Waals surface area contributed by atoms with Crippen molar-refractivity contribution in [2.75, 3.05) is 0 Å². The van der Waals surface area contributed by atoms with Crippen LogP contribution in [0.4, 0.5) is 0 Å². The SMILES string of the molecule is Cc1ccc(O)c(C(O)C(O)CC(=O)O)n1. The van der Waals surface area contributed by atoms with E-state index in [9.17, 15) is 20.1 Å². The smallest absolute Gasteiger partial charge is 0.306 e. The Morgan fingerprint density at radius 1 is 1.44 bits per heavy atom. The van der Waals surface area contributed by atoms with E-state index in [1.54, 1.807) is 6.92 Å². The van der Waals surface area contributed by atoms with E-state index in [1.807, 2.05) is 0 Å². The molecule has 0 aliphatic rings. The highest BCUT2D eigenvalue weighted by molar-refractivity contribution is 5.67. The number of aliphatic hydroxyl groups is 2. The first-order valence-electron chi connectivity index (χ1n) is 4.66. The van der Waals surface area contributed by atoms with E-state index in [2.05, 4.69) is 4.98 Å². The number of rotatable bonds is 4. The average molecular weight is 227 g/mol. The number of carbonyl (C=O) groups is 1. The highest BCUT2D eigenvalue weighted by Gasteiger charge is 2.24. The van der Waals surface area contributed by atoms with Gasteiger partial charge in [-0.05, 0) is 19.1 Å². The van der Waals surface area contributed by atoms with Gasteiger partial charge >= 0.3 is 5.97 Å². The molecular weight excluding hydrogens is 214 g/mol. The molecule has 16 heavy (non-hydrogen) atoms. The topological polar surface area (TPSA) is 111 Å². The summed E-state index contributed by atoms with van der Waals surface area (Å²) in [5, 5.41) is 36.8. The maximum Gasteiger partial charge on any atom is 0.306 e. The molecule has 0 saturated heterocycles. The Hall–Kier alpha value is -1.66. The first-order valence-corrected chi connectivity index (χ1v) is 4.66. The minimum absolute atomic E-state index is 0.117. The second-order valence-corrected chi connectivity index (χ2v) is 3.47. The van der Waals surface area contributed by atoms with Crippen LogP contribution in [0.15, 0.2) is 12.1 Å². The molecule has 2 unspecified atom stereocenters. The van der Waals surface area contributed by atoms with Crippen LogP contribution in [-0.4, -0.2) is 37.5 Å². The van der Waals surface area contributed by atoms with Crippen LogP contribution in [0.1, 0.15) is 23.9 Å². The summed E-state index contributed by atoms with van der Waals surface area (Å²) in [6.45, 7) is 1.65. The van der Waals surface area contributed by atoms with E-state index in [4.69, 9.17) is 5.11 Å². The summed E-state index contributed by atoms with van der Waals surface area (Å²) in [6.07, 6.45) is -3.63. The fourth-order valence-electron chi connectivity index (χ4n) is 1.26. The highest BCUT2D eigenvalue weighted by atomic mass is 16.4. The molecule has 0 aliphatic carbocycles. The van der Waals surface area contributed by atoms with Gasteiger partial charge in [0.05, 0.1) is 12.5 Å². The summed E-state index contributed by atoms with van der Waals surface area (Å²) in [5.74, 6) is -1.51. The number of aliphatic carboxylic acids is 1. The Kier molecular flexibility index (Phi) is 3.81. The number of hydrogen-bond acceptors (Lipinski definition) is 5. The van der Waals surface area contributed by atoms with Crippen molar-refractivity contribution in [3.05, 3.63) is 23.5 Å². The first kappa shape index (κ1) is 12.4. The van der Waals surface area contributed by atoms with Crippen LogP contribution < -0.4 is 0 Å². The number of nitrogens with zero attached hydrogens (tertiary/aromatic N) is 1. The third kappa shape index (κ3) is 2.91. The lowest BCUT2D eigenvalue weighted by Gasteiger charge is -2.16. The fourth-order valence-corrected chi connectivity index (χ4v) is 1.26. The third-order valence-electron chi connectivity index (χ3n) is 2.07. The lowest BCUT2D eigenvalue weighted by atomic mass is 10.1. The number of aromatic hydroxyl groups is 1. The van der Waals surface area contributed by atoms with E-state index < -0.39 is 24.6 Å². The van der Waals surface area contributed by atoms with Crippen molar-refractivity contribution in [2.45, 2.75) is 25.6 Å². The largest absolute Gasteiger partial charge is 0.506 e. The zero-order valence-electron chi connectivity index (χ0n) is 8.66. The van der Waals surface area contributed by atoms with Gasteiger partial charge in [-0.1, -0.05) is 0 Å². The maximum atomic E-state index is 10.3. The molecule has 0 amide bonds. The van der Waals surface area contributed by atoms with Crippen LogP contribution in [-0.2, 0) is 4.79 Å². The van der Waals surface area contributed by atoms with Gasteiger partial charge in [0.2, 0.25) is 0 Å². The van der Waals surface area contributed by atoms with Crippen LogP contribution in [0.3, 0.4) is 0 Å². The predicted octanol–water partition coefficient (Wildman–Crippen LogP) is -0.0354. The molecule has 88 valence electrons. The molecular formula is C10H13NO5. The van der Waals surface area contributed by atoms with E-state index in [0.717, 1.165) is 0 Å². The summed E-state index contributed by atoms with van der Waals surface area (Å²) in [7, 11) is 0. The maximum absolute atomic E-state index is 10.3. The average Bonchev–Trinajstić information content (AvgIpc) is 2.19. The zero-order chi connectivity index (χ0) is 12.3. The molecule has 4 N–H and O–H groups in total. The van der Waals surface area contributed by atoms with Crippen molar-refractivity contribution in [3.63, 3.8) is 0 Å². The Bertz CT molecular complexity index is 393. The van der Waals surface area contributed by atoms with Gasteiger partial charge in [0.1, 0.15) is 17.5 Å². The third-order valence-corrected chi connectivity index (χ3v) is 2.07. The Labute approximate surface area is 91.8 Å². The van der Waals surface area contributed by atoms with E-state index >= 15 is 0 Å². The molecule has 1 heterocycles. The van der Waals surface area contributed by atoms with Crippen molar-refractivity contribution in [1.29, 1.82) is 0 Å². The van der Waals surface area contributed by atoms with Crippen molar-refractivity contribution in [3.8, 4) is 5.75 Å². The molecule has 6 heteroatoms. The van der Waals surface area contributed by atoms with Crippen molar-refractivity contribution < 1.29 is 25.2 Å². The van der Waals surface area contributed by atoms with Crippen LogP contribution in [0, 0.1) is 6.92 Å². The van der Waals surface area contributed by atoms with Crippen molar-refractivity contribution >= 4 is 5.97 Å². The molecule has 1 rings (SSSR count). The van der Waals surface area contributed by atoms with Gasteiger partial charge in [0.25, 0.3) is 0 Å². The molecule has 0 bridgehead atoms. The number of carboxylic acids is 1. The van der Waals surface area contributed by atoms with E-state index in [0.29, 0.717) is 5.69 Å². The molecule has 6 nitrogen and oxygen atoms in total. The number of hydrogen-bond donors (Lipinski definition) is 4. The molecule has 0 spiro atoms. The quantitative estimate of drug-likeness (QED) is 0.574. The fraction of sp³-hybridized carbons (Fsp3) is 0.400. The van der Waals surface area contributed by atoms with Gasteiger partial charge < -0.3 is 20.4 Å². The number of aryl methyl sites for hydroxylation is 1. The van der Waals surface area contributed by atoms with Gasteiger partial charge in [-0.2, -0.15) is 0 Å². The van der Waals surface area contributed by atoms with Crippen molar-refractivity contribution in [2.24, 2.45) is 0 Å². The standard InChI is InChI=1S/C10H13NO5/c1-5-2-3-6(12)9(11-5)10(16)7(13)4-8(14)15/h2-3,7,10,12-13,16H,4H2,1H3,(H,14,15). The molecule has 1 aromatic rings. The molecule has 0 saturated carbocycles. The summed E-state index contributed by atoms with van der Waals surface area (Å²) in [5.41, 5.74) is 0.433. The lowest BCUT2D eigenvalue weighted by Crippen LogP contribution is -2.22. The Balaban J connectivity index is 2.90. The number of aliphatic hydroxyl groups excluding tert-OH is 2. The molecule has 0 radical (unpaired) electrons. The van der Waals surface area contributed by atoms with Gasteiger partial charge in [0, 0.05) is 5.69 Å². The summed E-state index contributed by atoms with van der Waals surface area (Å²) < 4.78 is 0. The van der Waals surface area contributed by atoms with E-state index in [1.165, 1.54) is 12.1 Å². The van der Waals surface area contributed by atoms with Gasteiger partial charge in [-0.15, -0.1) is 0 Å². The second kappa shape index (κ2) is 4.91. The van der Waals surface area contributed by atoms with Gasteiger partial charge in [-0.25, -0.2) is 0 Å². The van der Waals surface area contributed by atoms with Crippen LogP contribution in [0.25, 0.3) is 0 Å². The number of pyridine rings is 1. The zero-order valence-corrected chi connectivity index (χ0v) is 8.66. The summed E-state index contributed by atoms with van der Waals surface area (Å²) in [6, 6.07) is 2.86. The highest BCUT2D eigenvalue weighted by Crippen LogP contribution is 2.25. The summed E-state index contributed by atoms with van der Waals surface area (Å²) >= 11 is 0. The first-order chi connectivity index (χ1) is 7.41. The van der Waals surface area contributed by atoms with Crippen LogP contribution in [0.5, 0.6) is 5.75 Å². The van der Waals surface area contributed by atoms with Gasteiger partial charge in [0.15, 0.2) is 0 Å². The summed E-state index contributed by atoms with van der Waals surface area (Å²) in [4.78, 5) is 14.2. The van der Waals surface area contributed by atoms with E-state index in [-0.39, 0.29) is 11.4 Å². The molecule has 0 aromatic carbocycles. The molecule has 0 fully saturated rings. The predicted molar refractivity (Wildman–Crippen MR) is 53.9 cm³/mol. The Morgan fingerprint density at radius 2 is 2.06 bits per heavy atom. The van der Waals surface area contributed by atoms with Crippen LogP contribution >= 0.6 is 0 Å². The van der Waals surface area contributed by atoms with Crippen LogP contribution in [0.2, 0.25) is 0 Å². The molecule has 1 aromatic heterocycles. The molecule has 2 atom stereocenters. The lowest BCUT2D eigenvalue weighted by molar-refractivity contribution is -0.141. The second-order valence-electron chi connectivity index (χ2n) is 3.47. The van der Waals surface area contributed by atoms with Gasteiger partial charge in [-0.3, -0.25) is 9.78 Å².